The van der Waals surface area contributed by atoms with Crippen LogP contribution in [0.2, 0.25) is 10.0 Å². The summed E-state index contributed by atoms with van der Waals surface area (Å²) in [5.41, 5.74) is 9.78. The molecule has 2 aliphatic heterocycles. The zero-order valence-electron chi connectivity index (χ0n) is 19.0. The second kappa shape index (κ2) is 8.95. The minimum absolute atomic E-state index is 0.356. The van der Waals surface area contributed by atoms with E-state index >= 15 is 0 Å². The number of rotatable bonds is 5. The quantitative estimate of drug-likeness (QED) is 0.338. The number of nitrogens with zero attached hydrogens (tertiary/aromatic N) is 4. The van der Waals surface area contributed by atoms with Gasteiger partial charge in [-0.1, -0.05) is 23.2 Å². The molecule has 35 heavy (non-hydrogen) atoms. The van der Waals surface area contributed by atoms with E-state index in [9.17, 15) is 0 Å². The van der Waals surface area contributed by atoms with Gasteiger partial charge in [0.05, 0.1) is 15.6 Å². The van der Waals surface area contributed by atoms with Gasteiger partial charge in [0.15, 0.2) is 6.23 Å². The highest BCUT2D eigenvalue weighted by molar-refractivity contribution is 6.35. The Hall–Kier alpha value is -2.91. The molecular weight excluding hydrogens is 485 g/mol. The number of halogens is 2. The van der Waals surface area contributed by atoms with Crippen molar-refractivity contribution in [3.05, 3.63) is 64.5 Å². The van der Waals surface area contributed by atoms with Gasteiger partial charge >= 0.3 is 0 Å². The first-order valence-electron chi connectivity index (χ1n) is 11.6. The molecule has 3 aromatic heterocycles. The zero-order chi connectivity index (χ0) is 24.0. The van der Waals surface area contributed by atoms with Crippen LogP contribution < -0.4 is 20.7 Å². The summed E-state index contributed by atoms with van der Waals surface area (Å²) in [6.45, 7) is 4.36. The van der Waals surface area contributed by atoms with Crippen LogP contribution in [-0.4, -0.2) is 46.3 Å². The maximum atomic E-state index is 6.25. The zero-order valence-corrected chi connectivity index (χ0v) is 20.5. The molecule has 0 radical (unpaired) electrons. The number of H-pyrrole nitrogens is 1. The van der Waals surface area contributed by atoms with E-state index in [1.165, 1.54) is 25.2 Å². The molecule has 1 aromatic carbocycles. The fourth-order valence-corrected chi connectivity index (χ4v) is 5.70. The molecule has 1 spiro atoms. The maximum absolute atomic E-state index is 6.25. The van der Waals surface area contributed by atoms with Gasteiger partial charge in [-0.25, -0.2) is 4.98 Å². The van der Waals surface area contributed by atoms with Crippen molar-refractivity contribution in [2.75, 3.05) is 31.1 Å². The number of hydrogen-bond donors (Lipinski definition) is 3. The van der Waals surface area contributed by atoms with E-state index < -0.39 is 6.23 Å². The van der Waals surface area contributed by atoms with Crippen molar-refractivity contribution in [2.24, 2.45) is 11.1 Å². The normalized spacial score (nSPS) is 18.0. The second-order valence-electron chi connectivity index (χ2n) is 9.38. The molecule has 2 aliphatic rings. The van der Waals surface area contributed by atoms with Gasteiger partial charge < -0.3 is 15.0 Å². The predicted molar refractivity (Wildman–Crippen MR) is 138 cm³/mol. The smallest absolute Gasteiger partial charge is 0.177 e. The lowest BCUT2D eigenvalue weighted by Crippen LogP contribution is -2.62. The van der Waals surface area contributed by atoms with E-state index in [0.717, 1.165) is 54.2 Å². The van der Waals surface area contributed by atoms with Crippen molar-refractivity contribution in [3.63, 3.8) is 0 Å². The Kier molecular flexibility index (Phi) is 5.76. The number of anilines is 1. The molecule has 4 N–H and O–H groups in total. The van der Waals surface area contributed by atoms with Gasteiger partial charge in [0.2, 0.25) is 0 Å². The third kappa shape index (κ3) is 4.21. The fourth-order valence-electron chi connectivity index (χ4n) is 5.12. The summed E-state index contributed by atoms with van der Waals surface area (Å²) in [5.74, 6) is 1.58. The van der Waals surface area contributed by atoms with Crippen molar-refractivity contribution in [1.29, 1.82) is 0 Å². The summed E-state index contributed by atoms with van der Waals surface area (Å²) in [4.78, 5) is 11.0. The molecule has 4 aromatic rings. The van der Waals surface area contributed by atoms with Gasteiger partial charge in [-0.15, -0.1) is 0 Å². The average Bonchev–Trinajstić information content (AvgIpc) is 3.26. The third-order valence-corrected chi connectivity index (χ3v) is 7.53. The molecule has 2 fully saturated rings. The van der Waals surface area contributed by atoms with Gasteiger partial charge in [0.25, 0.3) is 0 Å². The molecule has 180 valence electrons. The number of fused-ring (bicyclic) bond motifs is 1. The van der Waals surface area contributed by atoms with Crippen molar-refractivity contribution in [2.45, 2.75) is 19.1 Å². The van der Waals surface area contributed by atoms with Crippen molar-refractivity contribution < 1.29 is 4.74 Å². The van der Waals surface area contributed by atoms with E-state index in [4.69, 9.17) is 38.7 Å². The molecule has 5 heterocycles. The molecule has 8 nitrogen and oxygen atoms in total. The largest absolute Gasteiger partial charge is 0.471 e. The minimum Gasteiger partial charge on any atom is -0.471 e. The lowest BCUT2D eigenvalue weighted by molar-refractivity contribution is 0.156. The highest BCUT2D eigenvalue weighted by Gasteiger charge is 2.43. The minimum atomic E-state index is -0.842. The number of hydrogen-bond acceptors (Lipinski definition) is 7. The van der Waals surface area contributed by atoms with Gasteiger partial charge in [-0.2, -0.15) is 5.10 Å². The van der Waals surface area contributed by atoms with Crippen molar-refractivity contribution in [1.82, 2.24) is 25.5 Å². The Balaban J connectivity index is 1.21. The number of aromatic amines is 1. The summed E-state index contributed by atoms with van der Waals surface area (Å²) in [6.07, 6.45) is 6.57. The first kappa shape index (κ1) is 22.5. The second-order valence-corrected chi connectivity index (χ2v) is 10.2. The number of nitrogens with one attached hydrogen (secondary N) is 2. The molecule has 2 saturated heterocycles. The van der Waals surface area contributed by atoms with E-state index in [1.807, 2.05) is 24.4 Å². The molecule has 10 heteroatoms. The number of benzene rings is 1. The topological polar surface area (TPSA) is 105 Å². The molecule has 6 rings (SSSR count). The molecule has 0 saturated carbocycles. The van der Waals surface area contributed by atoms with Gasteiger partial charge in [-0.05, 0) is 49.7 Å². The summed E-state index contributed by atoms with van der Waals surface area (Å²) >= 11 is 12.5. The molecule has 1 atom stereocenters. The van der Waals surface area contributed by atoms with Crippen LogP contribution in [0.15, 0.2) is 48.9 Å². The van der Waals surface area contributed by atoms with E-state index in [0.29, 0.717) is 26.8 Å². The van der Waals surface area contributed by atoms with E-state index in [1.54, 1.807) is 0 Å². The van der Waals surface area contributed by atoms with Crippen LogP contribution in [0.1, 0.15) is 24.6 Å². The number of pyridine rings is 2. The Labute approximate surface area is 212 Å². The Morgan fingerprint density at radius 2 is 1.91 bits per heavy atom. The summed E-state index contributed by atoms with van der Waals surface area (Å²) < 4.78 is 5.97. The highest BCUT2D eigenvalue weighted by atomic mass is 35.5. The molecule has 0 bridgehead atoms. The van der Waals surface area contributed by atoms with Crippen molar-refractivity contribution in [3.8, 4) is 17.0 Å². The van der Waals surface area contributed by atoms with E-state index in [-0.39, 0.29) is 0 Å². The molecule has 0 unspecified atom stereocenters. The lowest BCUT2D eigenvalue weighted by atomic mass is 9.74. The molecule has 0 amide bonds. The summed E-state index contributed by atoms with van der Waals surface area (Å²) in [7, 11) is 0. The molecule has 0 aliphatic carbocycles. The highest BCUT2D eigenvalue weighted by Crippen LogP contribution is 2.39. The van der Waals surface area contributed by atoms with Gasteiger partial charge in [0.1, 0.15) is 17.3 Å². The Morgan fingerprint density at radius 3 is 2.63 bits per heavy atom. The fraction of sp³-hybridized carbons (Fsp3) is 0.320. The lowest BCUT2D eigenvalue weighted by Gasteiger charge is -2.53. The van der Waals surface area contributed by atoms with Crippen LogP contribution in [0.5, 0.6) is 5.75 Å². The monoisotopic (exact) mass is 509 g/mol. The van der Waals surface area contributed by atoms with Gasteiger partial charge in [0, 0.05) is 60.2 Å². The third-order valence-electron chi connectivity index (χ3n) is 6.93. The van der Waals surface area contributed by atoms with Crippen LogP contribution in [0.25, 0.3) is 22.2 Å². The molecular formula is C25H25Cl2N7O. The van der Waals surface area contributed by atoms with Crippen LogP contribution >= 0.6 is 23.2 Å². The number of ether oxygens (including phenoxy) is 1. The summed E-state index contributed by atoms with van der Waals surface area (Å²) in [6, 6.07) is 9.78. The first-order valence-corrected chi connectivity index (χ1v) is 12.4. The number of aromatic nitrogens is 4. The van der Waals surface area contributed by atoms with Gasteiger partial charge in [-0.3, -0.25) is 15.8 Å². The maximum Gasteiger partial charge on any atom is 0.177 e. The summed E-state index contributed by atoms with van der Waals surface area (Å²) in [5, 5.41) is 12.8. The van der Waals surface area contributed by atoms with Crippen LogP contribution in [0, 0.1) is 5.41 Å². The number of piperidine rings is 1. The van der Waals surface area contributed by atoms with Crippen molar-refractivity contribution >= 4 is 39.9 Å². The van der Waals surface area contributed by atoms with E-state index in [2.05, 4.69) is 37.5 Å². The Morgan fingerprint density at radius 1 is 1.09 bits per heavy atom. The first-order chi connectivity index (χ1) is 17.0. The standard InChI is InChI=1S/C25H25Cl2N7O/c26-18-10-30-11-19(27)22(18)24(28)35-16-3-4-20-17(8-16)23(33-32-20)15-2-5-21(31-9-15)34-13-25(14-34)6-1-7-29-12-25/h2-5,8-11,24,29H,1,6-7,12-14,28H2,(H,32,33)/t24-/m0/s1. The van der Waals surface area contributed by atoms with Crippen LogP contribution in [0.3, 0.4) is 0 Å². The number of nitrogens with two attached hydrogens (primary N) is 1. The predicted octanol–water partition coefficient (Wildman–Crippen LogP) is 4.55. The SMILES string of the molecule is N[C@@H](Oc1ccc2[nH]nc(-c3ccc(N4CC5(CCCNC5)C4)nc3)c2c1)c1c(Cl)cncc1Cl. The Bertz CT molecular complexity index is 1340. The average molecular weight is 510 g/mol. The van der Waals surface area contributed by atoms with Crippen LogP contribution in [0.4, 0.5) is 5.82 Å². The van der Waals surface area contributed by atoms with Crippen LogP contribution in [-0.2, 0) is 0 Å².